The number of carbonyl (C=O) groups excluding carboxylic acids is 1. The van der Waals surface area contributed by atoms with E-state index in [0.29, 0.717) is 11.5 Å². The summed E-state index contributed by atoms with van der Waals surface area (Å²) in [5.41, 5.74) is 5.59. The zero-order valence-electron chi connectivity index (χ0n) is 9.29. The zero-order chi connectivity index (χ0) is 13.1. The summed E-state index contributed by atoms with van der Waals surface area (Å²) in [4.78, 5) is 18.4. The number of anilines is 2. The van der Waals surface area contributed by atoms with E-state index in [1.807, 2.05) is 0 Å². The molecule has 2 aromatic rings. The quantitative estimate of drug-likeness (QED) is 0.862. The number of nitrogens with one attached hydrogen (secondary N) is 1. The highest BCUT2D eigenvalue weighted by Crippen LogP contribution is 2.22. The van der Waals surface area contributed by atoms with Gasteiger partial charge in [-0.15, -0.1) is 0 Å². The van der Waals surface area contributed by atoms with E-state index in [0.717, 1.165) is 0 Å². The molecule has 0 unspecified atom stereocenters. The number of primary amides is 1. The van der Waals surface area contributed by atoms with E-state index in [2.05, 4.69) is 25.1 Å². The molecule has 0 aromatic carbocycles. The van der Waals surface area contributed by atoms with Crippen LogP contribution in [0.3, 0.4) is 0 Å². The zero-order valence-corrected chi connectivity index (χ0v) is 10.0. The maximum atomic E-state index is 10.6. The number of halogens is 1. The van der Waals surface area contributed by atoms with Gasteiger partial charge in [0.1, 0.15) is 0 Å². The van der Waals surface area contributed by atoms with Gasteiger partial charge in [-0.1, -0.05) is 11.6 Å². The molecule has 2 rings (SSSR count). The van der Waals surface area contributed by atoms with Crippen molar-refractivity contribution < 1.29 is 9.53 Å². The number of aromatic nitrogens is 4. The van der Waals surface area contributed by atoms with Gasteiger partial charge in [0.2, 0.25) is 0 Å². The van der Waals surface area contributed by atoms with Crippen LogP contribution in [0.15, 0.2) is 18.6 Å². The number of nitrogens with two attached hydrogens (primary N) is 1. The summed E-state index contributed by atoms with van der Waals surface area (Å²) in [6, 6.07) is 0. The fourth-order valence-electron chi connectivity index (χ4n) is 1.21. The van der Waals surface area contributed by atoms with Crippen LogP contribution in [0.5, 0.6) is 5.88 Å². The van der Waals surface area contributed by atoms with Crippen molar-refractivity contribution in [2.24, 2.45) is 12.8 Å². The van der Waals surface area contributed by atoms with Crippen LogP contribution in [-0.2, 0) is 7.05 Å². The van der Waals surface area contributed by atoms with Crippen LogP contribution in [-0.4, -0.2) is 25.8 Å². The van der Waals surface area contributed by atoms with Crippen LogP contribution >= 0.6 is 11.6 Å². The summed E-state index contributed by atoms with van der Waals surface area (Å²) in [6.45, 7) is 0. The Labute approximate surface area is 107 Å². The number of nitrogens with zero attached hydrogens (tertiary/aromatic N) is 4. The van der Waals surface area contributed by atoms with Crippen LogP contribution in [0.25, 0.3) is 0 Å². The van der Waals surface area contributed by atoms with Crippen LogP contribution < -0.4 is 15.8 Å². The number of rotatable bonds is 3. The van der Waals surface area contributed by atoms with E-state index in [-0.39, 0.29) is 11.0 Å². The lowest BCUT2D eigenvalue weighted by molar-refractivity contribution is 0.209. The Hall–Kier alpha value is -2.35. The molecule has 18 heavy (non-hydrogen) atoms. The molecule has 3 N–H and O–H groups in total. The fraction of sp³-hybridized carbons (Fsp3) is 0.111. The summed E-state index contributed by atoms with van der Waals surface area (Å²) in [6.07, 6.45) is 3.73. The minimum Gasteiger partial charge on any atom is -0.388 e. The number of hydrogen-bond donors (Lipinski definition) is 2. The van der Waals surface area contributed by atoms with Crippen molar-refractivity contribution >= 4 is 29.2 Å². The third-order valence-electron chi connectivity index (χ3n) is 1.87. The third kappa shape index (κ3) is 2.86. The van der Waals surface area contributed by atoms with Gasteiger partial charge in [0.05, 0.1) is 18.1 Å². The second-order valence-corrected chi connectivity index (χ2v) is 3.66. The van der Waals surface area contributed by atoms with Gasteiger partial charge in [-0.05, 0) is 0 Å². The average Bonchev–Trinajstić information content (AvgIpc) is 2.68. The maximum Gasteiger partial charge on any atom is 0.411 e. The minimum absolute atomic E-state index is 0.0504. The molecule has 0 radical (unpaired) electrons. The number of ether oxygens (including phenoxy) is 1. The third-order valence-corrected chi connectivity index (χ3v) is 2.13. The minimum atomic E-state index is -1.01. The van der Waals surface area contributed by atoms with Crippen LogP contribution in [0, 0.1) is 0 Å². The Morgan fingerprint density at radius 2 is 2.33 bits per heavy atom. The molecule has 94 valence electrons. The van der Waals surface area contributed by atoms with E-state index in [9.17, 15) is 4.79 Å². The van der Waals surface area contributed by atoms with E-state index in [1.54, 1.807) is 24.1 Å². The van der Waals surface area contributed by atoms with E-state index >= 15 is 0 Å². The molecule has 0 aliphatic rings. The van der Waals surface area contributed by atoms with Crippen molar-refractivity contribution in [1.29, 1.82) is 0 Å². The van der Waals surface area contributed by atoms with Crippen molar-refractivity contribution in [1.82, 2.24) is 19.7 Å². The van der Waals surface area contributed by atoms with Gasteiger partial charge in [0.15, 0.2) is 11.0 Å². The Morgan fingerprint density at radius 3 is 2.94 bits per heavy atom. The Morgan fingerprint density at radius 1 is 1.56 bits per heavy atom. The Bertz CT molecular complexity index is 584. The first-order valence-corrected chi connectivity index (χ1v) is 5.18. The fourth-order valence-corrected chi connectivity index (χ4v) is 1.34. The van der Waals surface area contributed by atoms with Gasteiger partial charge in [0.25, 0.3) is 5.88 Å². The van der Waals surface area contributed by atoms with Gasteiger partial charge in [-0.3, -0.25) is 4.68 Å². The smallest absolute Gasteiger partial charge is 0.388 e. The molecular weight excluding hydrogens is 260 g/mol. The largest absolute Gasteiger partial charge is 0.411 e. The molecule has 2 aromatic heterocycles. The van der Waals surface area contributed by atoms with Crippen LogP contribution in [0.4, 0.5) is 16.3 Å². The second-order valence-electron chi connectivity index (χ2n) is 3.30. The van der Waals surface area contributed by atoms with Gasteiger partial charge in [-0.2, -0.15) is 10.1 Å². The van der Waals surface area contributed by atoms with Gasteiger partial charge in [0, 0.05) is 13.2 Å². The van der Waals surface area contributed by atoms with E-state index in [1.165, 1.54) is 6.20 Å². The molecule has 2 heterocycles. The van der Waals surface area contributed by atoms with Crippen LogP contribution in [0.2, 0.25) is 5.15 Å². The number of amides is 1. The summed E-state index contributed by atoms with van der Waals surface area (Å²) in [5, 5.41) is 6.84. The molecule has 0 spiro atoms. The normalized spacial score (nSPS) is 10.1. The van der Waals surface area contributed by atoms with Gasteiger partial charge in [-0.25, -0.2) is 9.78 Å². The first-order valence-electron chi connectivity index (χ1n) is 4.80. The van der Waals surface area contributed by atoms with E-state index in [4.69, 9.17) is 17.3 Å². The van der Waals surface area contributed by atoms with Gasteiger partial charge < -0.3 is 15.8 Å². The Kier molecular flexibility index (Phi) is 3.28. The molecule has 8 nitrogen and oxygen atoms in total. The van der Waals surface area contributed by atoms with E-state index < -0.39 is 6.09 Å². The predicted molar refractivity (Wildman–Crippen MR) is 63.7 cm³/mol. The summed E-state index contributed by atoms with van der Waals surface area (Å²) >= 11 is 5.70. The van der Waals surface area contributed by atoms with Crippen molar-refractivity contribution in [2.45, 2.75) is 0 Å². The highest BCUT2D eigenvalue weighted by Gasteiger charge is 2.10. The second kappa shape index (κ2) is 4.88. The van der Waals surface area contributed by atoms with Gasteiger partial charge >= 0.3 is 6.09 Å². The molecule has 0 atom stereocenters. The molecule has 0 fully saturated rings. The SMILES string of the molecule is Cn1cc(Nc2cnc(Cl)c(OC(N)=O)n2)cn1. The molecule has 0 saturated carbocycles. The standard InChI is InChI=1S/C9H9ClN6O2/c1-16-4-5(2-13-16)14-6-3-12-7(10)8(15-6)18-9(11)17/h2-4H,1H3,(H2,11,17)(H,14,15). The average molecular weight is 269 g/mol. The summed E-state index contributed by atoms with van der Waals surface area (Å²) < 4.78 is 6.22. The highest BCUT2D eigenvalue weighted by molar-refractivity contribution is 6.30. The van der Waals surface area contributed by atoms with Crippen molar-refractivity contribution in [3.8, 4) is 5.88 Å². The first-order chi connectivity index (χ1) is 8.54. The number of aryl methyl sites for hydroxylation is 1. The highest BCUT2D eigenvalue weighted by atomic mass is 35.5. The van der Waals surface area contributed by atoms with Crippen LogP contribution in [0.1, 0.15) is 0 Å². The molecule has 9 heteroatoms. The molecule has 0 saturated heterocycles. The van der Waals surface area contributed by atoms with Crippen molar-refractivity contribution in [2.75, 3.05) is 5.32 Å². The van der Waals surface area contributed by atoms with Crippen molar-refractivity contribution in [3.05, 3.63) is 23.7 Å². The molecular formula is C9H9ClN6O2. The molecule has 0 bridgehead atoms. The lowest BCUT2D eigenvalue weighted by Gasteiger charge is -2.05. The monoisotopic (exact) mass is 268 g/mol. The molecule has 1 amide bonds. The Balaban J connectivity index is 2.21. The molecule has 0 aliphatic heterocycles. The lowest BCUT2D eigenvalue weighted by Crippen LogP contribution is -2.17. The molecule has 0 aliphatic carbocycles. The maximum absolute atomic E-state index is 10.6. The predicted octanol–water partition coefficient (Wildman–Crippen LogP) is 1.06. The summed E-state index contributed by atoms with van der Waals surface area (Å²) in [7, 11) is 1.78. The first kappa shape index (κ1) is 12.1. The lowest BCUT2D eigenvalue weighted by atomic mass is 10.5. The van der Waals surface area contributed by atoms with Crippen molar-refractivity contribution in [3.63, 3.8) is 0 Å². The topological polar surface area (TPSA) is 108 Å². The summed E-state index contributed by atoms with van der Waals surface area (Å²) in [5.74, 6) is 0.196. The number of hydrogen-bond acceptors (Lipinski definition) is 6. The number of carbonyl (C=O) groups is 1.